The number of hydrazine groups is 1. The monoisotopic (exact) mass is 763 g/mol. The van der Waals surface area contributed by atoms with Gasteiger partial charge in [0.25, 0.3) is 5.91 Å². The minimum absolute atomic E-state index is 0.0444. The van der Waals surface area contributed by atoms with Crippen molar-refractivity contribution in [3.8, 4) is 5.75 Å². The van der Waals surface area contributed by atoms with Crippen molar-refractivity contribution in [1.82, 2.24) is 10.9 Å². The first kappa shape index (κ1) is 34.5. The molecule has 4 aromatic rings. The predicted molar refractivity (Wildman–Crippen MR) is 187 cm³/mol. The van der Waals surface area contributed by atoms with Crippen molar-refractivity contribution in [1.29, 1.82) is 0 Å². The van der Waals surface area contributed by atoms with Crippen molar-refractivity contribution in [3.63, 3.8) is 0 Å². The highest BCUT2D eigenvalue weighted by molar-refractivity contribution is 9.10. The summed E-state index contributed by atoms with van der Waals surface area (Å²) in [4.78, 5) is 19.5. The zero-order chi connectivity index (χ0) is 32.7. The molecule has 1 aliphatic rings. The summed E-state index contributed by atoms with van der Waals surface area (Å²) in [6.07, 6.45) is 0.333. The van der Waals surface area contributed by atoms with Crippen molar-refractivity contribution in [2.75, 3.05) is 19.8 Å². The number of ether oxygens (including phenoxy) is 2. The number of hydrogen-bond donors (Lipinski definition) is 3. The molecule has 0 saturated heterocycles. The molecule has 12 heteroatoms. The van der Waals surface area contributed by atoms with Crippen molar-refractivity contribution >= 4 is 74.1 Å². The van der Waals surface area contributed by atoms with Gasteiger partial charge in [-0.1, -0.05) is 92.7 Å². The molecule has 3 N–H and O–H groups in total. The van der Waals surface area contributed by atoms with E-state index in [4.69, 9.17) is 66.0 Å². The standard InChI is InChI=1S/C34H30BrCl4N3O4/c35-28-5-2-1-4-23(28)20-34(33(44)42-40-15-14-21-6-9-24(36)18-29(21)38)31(27-13-10-25(37)19-30(27)39)46-32(41-34)22-7-11-26(12-8-22)45-17-3-16-43/h1-2,4-13,18-19,31,40,43H,3,14-17,20H2,(H,42,44)/t31-,34-/m0/s1. The number of hydrogen-bond acceptors (Lipinski definition) is 6. The molecule has 46 heavy (non-hydrogen) atoms. The fraction of sp³-hybridized carbons (Fsp3) is 0.235. The van der Waals surface area contributed by atoms with Gasteiger partial charge in [-0.3, -0.25) is 10.2 Å². The maximum Gasteiger partial charge on any atom is 0.266 e. The van der Waals surface area contributed by atoms with Crippen LogP contribution >= 0.6 is 62.3 Å². The Morgan fingerprint density at radius 3 is 2.35 bits per heavy atom. The average molecular weight is 766 g/mol. The second-order valence-corrected chi connectivity index (χ2v) is 13.1. The van der Waals surface area contributed by atoms with Crippen LogP contribution in [0.2, 0.25) is 20.1 Å². The largest absolute Gasteiger partial charge is 0.494 e. The third-order valence-electron chi connectivity index (χ3n) is 7.43. The Bertz CT molecular complexity index is 1720. The van der Waals surface area contributed by atoms with Crippen LogP contribution in [0.25, 0.3) is 0 Å². The molecular weight excluding hydrogens is 736 g/mol. The third kappa shape index (κ3) is 8.17. The number of carbonyl (C=O) groups is 1. The molecule has 0 aliphatic carbocycles. The van der Waals surface area contributed by atoms with Crippen LogP contribution in [0.3, 0.4) is 0 Å². The van der Waals surface area contributed by atoms with Gasteiger partial charge >= 0.3 is 0 Å². The lowest BCUT2D eigenvalue weighted by Gasteiger charge is -2.31. The van der Waals surface area contributed by atoms with E-state index in [0.29, 0.717) is 63.0 Å². The van der Waals surface area contributed by atoms with E-state index in [1.807, 2.05) is 42.5 Å². The minimum atomic E-state index is -1.49. The van der Waals surface area contributed by atoms with E-state index in [1.54, 1.807) is 42.5 Å². The Morgan fingerprint density at radius 1 is 0.935 bits per heavy atom. The van der Waals surface area contributed by atoms with Crippen molar-refractivity contribution < 1.29 is 19.4 Å². The van der Waals surface area contributed by atoms with Gasteiger partial charge in [0.15, 0.2) is 11.6 Å². The molecule has 0 bridgehead atoms. The van der Waals surface area contributed by atoms with Crippen LogP contribution in [-0.2, 0) is 22.4 Å². The quantitative estimate of drug-likeness (QED) is 0.0944. The maximum absolute atomic E-state index is 14.4. The van der Waals surface area contributed by atoms with Crippen LogP contribution in [0, 0.1) is 0 Å². The Morgan fingerprint density at radius 2 is 1.65 bits per heavy atom. The highest BCUT2D eigenvalue weighted by atomic mass is 79.9. The lowest BCUT2D eigenvalue weighted by molar-refractivity contribution is -0.130. The van der Waals surface area contributed by atoms with Crippen molar-refractivity contribution in [2.45, 2.75) is 30.9 Å². The van der Waals surface area contributed by atoms with Gasteiger partial charge in [0, 0.05) is 61.7 Å². The first-order valence-electron chi connectivity index (χ1n) is 14.5. The summed E-state index contributed by atoms with van der Waals surface area (Å²) in [5.74, 6) is 0.490. The molecule has 0 saturated carbocycles. The van der Waals surface area contributed by atoms with Crippen molar-refractivity contribution in [3.05, 3.63) is 132 Å². The number of aliphatic hydroxyl groups is 1. The summed E-state index contributed by atoms with van der Waals surface area (Å²) >= 11 is 29.0. The Balaban J connectivity index is 1.50. The molecule has 1 heterocycles. The summed E-state index contributed by atoms with van der Waals surface area (Å²) in [5.41, 5.74) is 7.37. The first-order valence-corrected chi connectivity index (χ1v) is 16.8. The Hall–Kier alpha value is -2.82. The van der Waals surface area contributed by atoms with Gasteiger partial charge in [-0.15, -0.1) is 0 Å². The molecule has 0 fully saturated rings. The molecule has 4 aromatic carbocycles. The van der Waals surface area contributed by atoms with Gasteiger partial charge < -0.3 is 14.6 Å². The summed E-state index contributed by atoms with van der Waals surface area (Å²) in [5, 5.41) is 11.0. The van der Waals surface area contributed by atoms with Gasteiger partial charge in [-0.2, -0.15) is 0 Å². The van der Waals surface area contributed by atoms with E-state index in [2.05, 4.69) is 26.8 Å². The molecule has 2 atom stereocenters. The van der Waals surface area contributed by atoms with Gasteiger partial charge in [0.2, 0.25) is 5.90 Å². The number of benzene rings is 4. The molecule has 0 spiro atoms. The molecular formula is C34H30BrCl4N3O4. The fourth-order valence-electron chi connectivity index (χ4n) is 5.08. The van der Waals surface area contributed by atoms with Crippen LogP contribution in [0.5, 0.6) is 5.75 Å². The normalized spacial score (nSPS) is 17.3. The number of nitrogens with zero attached hydrogens (tertiary/aromatic N) is 1. The number of carbonyl (C=O) groups excluding carboxylic acids is 1. The molecule has 1 amide bonds. The second kappa shape index (κ2) is 15.8. The van der Waals surface area contributed by atoms with E-state index in [1.165, 1.54) is 0 Å². The number of aliphatic imine (C=N–C) groups is 1. The topological polar surface area (TPSA) is 92.2 Å². The van der Waals surface area contributed by atoms with E-state index < -0.39 is 17.6 Å². The number of nitrogens with one attached hydrogen (secondary N) is 2. The van der Waals surface area contributed by atoms with Gasteiger partial charge in [-0.25, -0.2) is 10.4 Å². The molecule has 7 nitrogen and oxygen atoms in total. The Kier molecular flexibility index (Phi) is 11.9. The smallest absolute Gasteiger partial charge is 0.266 e. The predicted octanol–water partition coefficient (Wildman–Crippen LogP) is 8.19. The lowest BCUT2D eigenvalue weighted by Crippen LogP contribution is -2.54. The van der Waals surface area contributed by atoms with E-state index in [-0.39, 0.29) is 18.9 Å². The summed E-state index contributed by atoms with van der Waals surface area (Å²) in [6, 6.07) is 25.3. The van der Waals surface area contributed by atoms with E-state index in [9.17, 15) is 4.79 Å². The van der Waals surface area contributed by atoms with Crippen LogP contribution in [0.4, 0.5) is 0 Å². The third-order valence-corrected chi connectivity index (χ3v) is 9.35. The molecule has 0 aromatic heterocycles. The first-order chi connectivity index (χ1) is 22.2. The summed E-state index contributed by atoms with van der Waals surface area (Å²) in [6.45, 7) is 0.819. The minimum Gasteiger partial charge on any atom is -0.494 e. The Labute approximate surface area is 295 Å². The van der Waals surface area contributed by atoms with Gasteiger partial charge in [0.05, 0.1) is 6.61 Å². The summed E-state index contributed by atoms with van der Waals surface area (Å²) < 4.78 is 13.1. The molecule has 0 unspecified atom stereocenters. The number of rotatable bonds is 13. The number of halogens is 5. The molecule has 1 aliphatic heterocycles. The van der Waals surface area contributed by atoms with E-state index in [0.717, 1.165) is 15.6 Å². The molecule has 5 rings (SSSR count). The summed E-state index contributed by atoms with van der Waals surface area (Å²) in [7, 11) is 0. The SMILES string of the molecule is O=C(NNCCc1ccc(Cl)cc1Cl)[C@@]1(Cc2ccccc2Br)N=C(c2ccc(OCCCO)cc2)O[C@H]1c1ccc(Cl)cc1Cl. The van der Waals surface area contributed by atoms with Crippen LogP contribution in [0.15, 0.2) is 94.4 Å². The molecule has 0 radical (unpaired) electrons. The fourth-order valence-corrected chi connectivity index (χ4v) is 6.51. The van der Waals surface area contributed by atoms with E-state index >= 15 is 0 Å². The second-order valence-electron chi connectivity index (χ2n) is 10.6. The number of aliphatic hydroxyl groups excluding tert-OH is 1. The van der Waals surface area contributed by atoms with Crippen molar-refractivity contribution in [2.24, 2.45) is 4.99 Å². The molecule has 240 valence electrons. The average Bonchev–Trinajstić information content (AvgIpc) is 3.41. The maximum atomic E-state index is 14.4. The van der Waals surface area contributed by atoms with Gasteiger partial charge in [0.1, 0.15) is 5.75 Å². The van der Waals surface area contributed by atoms with Crippen LogP contribution in [0.1, 0.15) is 34.8 Å². The van der Waals surface area contributed by atoms with Crippen LogP contribution in [-0.4, -0.2) is 42.2 Å². The van der Waals surface area contributed by atoms with Gasteiger partial charge in [-0.05, 0) is 72.1 Å². The highest BCUT2D eigenvalue weighted by Gasteiger charge is 2.54. The van der Waals surface area contributed by atoms with Crippen LogP contribution < -0.4 is 15.6 Å². The lowest BCUT2D eigenvalue weighted by atomic mass is 9.82. The zero-order valence-corrected chi connectivity index (χ0v) is 29.0. The highest BCUT2D eigenvalue weighted by Crippen LogP contribution is 2.45. The zero-order valence-electron chi connectivity index (χ0n) is 24.4. The number of amides is 1.